The molecule has 8 heteroatoms. The Bertz CT molecular complexity index is 27.9. The minimum absolute atomic E-state index is 0. The zero-order valence-corrected chi connectivity index (χ0v) is 8.37. The van der Waals surface area contributed by atoms with Crippen LogP contribution in [0.1, 0.15) is 0 Å². The van der Waals surface area contributed by atoms with Crippen LogP contribution in [0.15, 0.2) is 0 Å². The first-order valence-electron chi connectivity index (χ1n) is 0.816. The molecule has 0 bridgehead atoms. The topological polar surface area (TPSA) is 124 Å². The maximum absolute atomic E-state index is 8.58. The van der Waals surface area contributed by atoms with Crippen molar-refractivity contribution in [1.29, 1.82) is 0 Å². The predicted molar refractivity (Wildman–Crippen MR) is 15.1 cm³/mol. The van der Waals surface area contributed by atoms with Crippen molar-refractivity contribution in [3.05, 3.63) is 0 Å². The normalized spacial score (nSPS) is 7.50. The molecule has 0 aromatic heterocycles. The van der Waals surface area contributed by atoms with Crippen molar-refractivity contribution in [2.75, 3.05) is 0 Å². The zero-order valence-electron chi connectivity index (χ0n) is 4.21. The summed E-state index contributed by atoms with van der Waals surface area (Å²) in [7, 11) is -5.61. The van der Waals surface area contributed by atoms with Gasteiger partial charge in [-0.05, 0) is 0 Å². The summed E-state index contributed by atoms with van der Waals surface area (Å²) >= 11 is 0. The Morgan fingerprint density at radius 2 is 0.875 bits per heavy atom. The molecule has 40 valence electrons. The Morgan fingerprint density at radius 3 is 0.875 bits per heavy atom. The number of hydrogen-bond donors (Lipinski definition) is 0. The van der Waals surface area contributed by atoms with Crippen molar-refractivity contribution in [3.63, 3.8) is 0 Å². The van der Waals surface area contributed by atoms with E-state index in [9.17, 15) is 0 Å². The molecule has 5 nitrogen and oxygen atoms in total. The van der Waals surface area contributed by atoms with Crippen LogP contribution in [0.5, 0.6) is 0 Å². The minimum Gasteiger partial charge on any atom is -0.894 e. The average Bonchev–Trinajstić information content (AvgIpc) is 0.722. The first-order valence-corrected chi connectivity index (χ1v) is 2.45. The first-order chi connectivity index (χ1) is 2.00. The quantitative estimate of drug-likeness (QED) is 0.326. The van der Waals surface area contributed by atoms with Crippen LogP contribution in [0.2, 0.25) is 0 Å². The molecular formula is H2AlNaO5Si. The van der Waals surface area contributed by atoms with Gasteiger partial charge in [0.2, 0.25) is 0 Å². The SMILES string of the molecule is O.[Al+3].[Na+].[O-][Si]([O-])([O-])[O-]. The van der Waals surface area contributed by atoms with E-state index in [0.717, 1.165) is 0 Å². The Morgan fingerprint density at radius 1 is 0.875 bits per heavy atom. The fraction of sp³-hybridized carbons (Fsp3) is 0. The van der Waals surface area contributed by atoms with Gasteiger partial charge >= 0.3 is 46.9 Å². The van der Waals surface area contributed by atoms with Crippen molar-refractivity contribution in [1.82, 2.24) is 0 Å². The largest absolute Gasteiger partial charge is 3.00 e. The molecule has 0 saturated carbocycles. The molecule has 0 spiro atoms. The molecule has 0 fully saturated rings. The van der Waals surface area contributed by atoms with E-state index in [2.05, 4.69) is 0 Å². The van der Waals surface area contributed by atoms with Gasteiger partial charge in [0, 0.05) is 0 Å². The van der Waals surface area contributed by atoms with Gasteiger partial charge in [-0.1, -0.05) is 0 Å². The third-order valence-corrected chi connectivity index (χ3v) is 0. The van der Waals surface area contributed by atoms with Crippen molar-refractivity contribution in [2.45, 2.75) is 0 Å². The molecule has 0 unspecified atom stereocenters. The summed E-state index contributed by atoms with van der Waals surface area (Å²) in [5.74, 6) is 0. The van der Waals surface area contributed by atoms with Crippen molar-refractivity contribution >= 4 is 26.4 Å². The van der Waals surface area contributed by atoms with E-state index in [1.54, 1.807) is 0 Å². The smallest absolute Gasteiger partial charge is 0.894 e. The van der Waals surface area contributed by atoms with Gasteiger partial charge < -0.3 is 33.7 Å². The summed E-state index contributed by atoms with van der Waals surface area (Å²) in [6, 6.07) is 0. The molecule has 0 aliphatic rings. The summed E-state index contributed by atoms with van der Waals surface area (Å²) in [5, 5.41) is 0. The van der Waals surface area contributed by atoms with Crippen molar-refractivity contribution in [3.8, 4) is 0 Å². The molecule has 0 amide bonds. The van der Waals surface area contributed by atoms with E-state index < -0.39 is 9.05 Å². The van der Waals surface area contributed by atoms with Crippen LogP contribution in [0, 0.1) is 0 Å². The Labute approximate surface area is 80.2 Å². The van der Waals surface area contributed by atoms with Crippen LogP contribution in [0.4, 0.5) is 0 Å². The maximum Gasteiger partial charge on any atom is 3.00 e. The van der Waals surface area contributed by atoms with Crippen LogP contribution in [-0.4, -0.2) is 31.9 Å². The Hall–Kier alpha value is 1.55. The molecule has 0 aromatic rings. The molecule has 0 aliphatic heterocycles. The van der Waals surface area contributed by atoms with E-state index >= 15 is 0 Å². The third kappa shape index (κ3) is 135. The van der Waals surface area contributed by atoms with Gasteiger partial charge in [0.1, 0.15) is 0 Å². The molecule has 0 radical (unpaired) electrons. The third-order valence-electron chi connectivity index (χ3n) is 0. The van der Waals surface area contributed by atoms with E-state index in [0.29, 0.717) is 0 Å². The van der Waals surface area contributed by atoms with Crippen LogP contribution in [-0.2, 0) is 0 Å². The predicted octanol–water partition coefficient (Wildman–Crippen LogP) is -9.34. The van der Waals surface area contributed by atoms with E-state index in [4.69, 9.17) is 19.2 Å². The summed E-state index contributed by atoms with van der Waals surface area (Å²) in [6.07, 6.45) is 0. The van der Waals surface area contributed by atoms with Gasteiger partial charge in [-0.25, -0.2) is 0 Å². The van der Waals surface area contributed by atoms with Gasteiger partial charge in [-0.15, -0.1) is 0 Å². The Kier molecular flexibility index (Phi) is 24.2. The van der Waals surface area contributed by atoms with Crippen molar-refractivity contribution in [2.24, 2.45) is 0 Å². The number of rotatable bonds is 0. The standard InChI is InChI=1S/Al.Na.O4Si.H2O/c;;1-5(2,3)4;/h;;;1H2/q+3;+1;-4;. The van der Waals surface area contributed by atoms with Gasteiger partial charge in [0.05, 0.1) is 0 Å². The second-order valence-corrected chi connectivity index (χ2v) is 1.50. The molecule has 0 saturated heterocycles. The van der Waals surface area contributed by atoms with E-state index in [1.165, 1.54) is 0 Å². The molecule has 0 rings (SSSR count). The molecule has 0 heterocycles. The second-order valence-electron chi connectivity index (χ2n) is 0.500. The number of hydrogen-bond acceptors (Lipinski definition) is 4. The van der Waals surface area contributed by atoms with Crippen LogP contribution in [0.25, 0.3) is 0 Å². The van der Waals surface area contributed by atoms with E-state index in [-0.39, 0.29) is 52.4 Å². The van der Waals surface area contributed by atoms with Gasteiger partial charge in [0.15, 0.2) is 0 Å². The van der Waals surface area contributed by atoms with Crippen LogP contribution < -0.4 is 48.7 Å². The molecule has 0 aromatic carbocycles. The molecule has 0 aliphatic carbocycles. The van der Waals surface area contributed by atoms with E-state index in [1.807, 2.05) is 0 Å². The minimum atomic E-state index is -5.61. The fourth-order valence-corrected chi connectivity index (χ4v) is 0. The fourth-order valence-electron chi connectivity index (χ4n) is 0. The maximum atomic E-state index is 8.58. The molecule has 0 atom stereocenters. The van der Waals surface area contributed by atoms with Crippen LogP contribution in [0.3, 0.4) is 0 Å². The van der Waals surface area contributed by atoms with Crippen molar-refractivity contribution < 1.29 is 54.2 Å². The molecular weight excluding hydrogens is 158 g/mol. The Balaban J connectivity index is -0.0000000267. The summed E-state index contributed by atoms with van der Waals surface area (Å²) in [5.41, 5.74) is 0. The van der Waals surface area contributed by atoms with Crippen LogP contribution >= 0.6 is 0 Å². The van der Waals surface area contributed by atoms with Gasteiger partial charge in [-0.2, -0.15) is 0 Å². The second kappa shape index (κ2) is 8.55. The summed E-state index contributed by atoms with van der Waals surface area (Å²) in [4.78, 5) is 34.3. The molecule has 2 N–H and O–H groups in total. The average molecular weight is 160 g/mol. The monoisotopic (exact) mass is 160 g/mol. The molecule has 8 heavy (non-hydrogen) atoms. The zero-order chi connectivity index (χ0) is 4.50. The first kappa shape index (κ1) is 22.7. The summed E-state index contributed by atoms with van der Waals surface area (Å²) < 4.78 is 0. The van der Waals surface area contributed by atoms with Gasteiger partial charge in [0.25, 0.3) is 0 Å². The summed E-state index contributed by atoms with van der Waals surface area (Å²) in [6.45, 7) is 0. The van der Waals surface area contributed by atoms with Gasteiger partial charge in [-0.3, -0.25) is 0 Å².